The number of benzene rings is 2. The molecule has 6 rings (SSSR count). The van der Waals surface area contributed by atoms with E-state index in [1.54, 1.807) is 6.07 Å². The molecule has 2 aliphatic heterocycles. The third-order valence-electron chi connectivity index (χ3n) is 7.74. The van der Waals surface area contributed by atoms with Gasteiger partial charge >= 0.3 is 6.03 Å². The molecule has 2 aromatic carbocycles. The van der Waals surface area contributed by atoms with Gasteiger partial charge in [-0.15, -0.1) is 0 Å². The number of H-pyrrole nitrogens is 1. The summed E-state index contributed by atoms with van der Waals surface area (Å²) < 4.78 is 0. The minimum atomic E-state index is -0.598. The van der Waals surface area contributed by atoms with Crippen molar-refractivity contribution in [2.45, 2.75) is 0 Å². The maximum absolute atomic E-state index is 13.9. The van der Waals surface area contributed by atoms with Gasteiger partial charge in [0.05, 0.1) is 22.5 Å². The molecule has 2 amide bonds. The Bertz CT molecular complexity index is 1330. The molecule has 192 valence electrons. The normalized spacial score (nSPS) is 18.6. The number of carbonyl (C=O) groups is 2. The number of hydrogen-bond donors (Lipinski definition) is 2. The molecule has 0 atom stereocenters. The molecule has 3 aliphatic rings. The van der Waals surface area contributed by atoms with Gasteiger partial charge in [0.25, 0.3) is 0 Å². The molecule has 3 N–H and O–H groups in total. The molecular weight excluding hydrogens is 468 g/mol. The van der Waals surface area contributed by atoms with Crippen LogP contribution in [0.1, 0.15) is 15.9 Å². The third kappa shape index (κ3) is 4.07. The number of aromatic amines is 1. The molecule has 3 aromatic rings. The lowest BCUT2D eigenvalue weighted by atomic mass is 10.0. The summed E-state index contributed by atoms with van der Waals surface area (Å²) in [7, 11) is 4.20. The van der Waals surface area contributed by atoms with E-state index in [0.29, 0.717) is 41.3 Å². The highest BCUT2D eigenvalue weighted by Gasteiger charge is 2.38. The molecule has 0 unspecified atom stereocenters. The zero-order valence-electron chi connectivity index (χ0n) is 21.3. The van der Waals surface area contributed by atoms with E-state index in [0.717, 1.165) is 50.4 Å². The van der Waals surface area contributed by atoms with Crippen molar-refractivity contribution in [2.75, 3.05) is 76.4 Å². The van der Waals surface area contributed by atoms with Crippen LogP contribution in [0, 0.1) is 0 Å². The van der Waals surface area contributed by atoms with E-state index in [-0.39, 0.29) is 5.78 Å². The number of urea groups is 1. The first-order valence-electron chi connectivity index (χ1n) is 12.8. The summed E-state index contributed by atoms with van der Waals surface area (Å²) in [6.07, 6.45) is 0. The zero-order valence-corrected chi connectivity index (χ0v) is 21.3. The van der Waals surface area contributed by atoms with Gasteiger partial charge in [0.2, 0.25) is 0 Å². The topological polar surface area (TPSA) is 105 Å². The summed E-state index contributed by atoms with van der Waals surface area (Å²) in [4.78, 5) is 33.4. The van der Waals surface area contributed by atoms with Crippen molar-refractivity contribution in [3.8, 4) is 22.5 Å². The van der Waals surface area contributed by atoms with E-state index < -0.39 is 6.03 Å². The average Bonchev–Trinajstić information content (AvgIpc) is 3.46. The van der Waals surface area contributed by atoms with Gasteiger partial charge in [-0.3, -0.25) is 9.89 Å². The van der Waals surface area contributed by atoms with Crippen LogP contribution < -0.4 is 15.6 Å². The fourth-order valence-electron chi connectivity index (χ4n) is 5.56. The largest absolute Gasteiger partial charge is 0.369 e. The lowest BCUT2D eigenvalue weighted by Gasteiger charge is -2.39. The standard InChI is InChI=1S/C27H32N8O2/c1-31-10-14-33(15-11-31)19-8-6-18(7-9-19)24-23-25(30-29-24)20-4-3-5-21(22(20)26(23)36)35(27(28)37)34-16-12-32(2)13-17-34/h3-9H,10-17H2,1-2H3,(H2,28,37)(H,29,30). The highest BCUT2D eigenvalue weighted by Crippen LogP contribution is 2.44. The number of ketones is 1. The van der Waals surface area contributed by atoms with E-state index in [9.17, 15) is 9.59 Å². The molecule has 10 nitrogen and oxygen atoms in total. The van der Waals surface area contributed by atoms with Crippen molar-refractivity contribution >= 4 is 23.2 Å². The Balaban J connectivity index is 1.32. The monoisotopic (exact) mass is 500 g/mol. The van der Waals surface area contributed by atoms with Crippen LogP contribution in [0.5, 0.6) is 0 Å². The number of primary amides is 1. The van der Waals surface area contributed by atoms with E-state index >= 15 is 0 Å². The number of nitrogens with two attached hydrogens (primary N) is 1. The van der Waals surface area contributed by atoms with Crippen molar-refractivity contribution < 1.29 is 9.59 Å². The quantitative estimate of drug-likeness (QED) is 0.442. The Morgan fingerprint density at radius 1 is 0.892 bits per heavy atom. The number of hydrazine groups is 1. The number of amides is 2. The summed E-state index contributed by atoms with van der Waals surface area (Å²) in [5, 5.41) is 11.0. The highest BCUT2D eigenvalue weighted by molar-refractivity contribution is 6.27. The molecule has 10 heteroatoms. The predicted octanol–water partition coefficient (Wildman–Crippen LogP) is 2.09. The predicted molar refractivity (Wildman–Crippen MR) is 144 cm³/mol. The summed E-state index contributed by atoms with van der Waals surface area (Å²) in [6.45, 7) is 6.99. The number of carbonyl (C=O) groups excluding carboxylic acids is 2. The summed E-state index contributed by atoms with van der Waals surface area (Å²) >= 11 is 0. The van der Waals surface area contributed by atoms with Gasteiger partial charge in [0.1, 0.15) is 5.69 Å². The van der Waals surface area contributed by atoms with Gasteiger partial charge < -0.3 is 20.4 Å². The van der Waals surface area contributed by atoms with E-state index in [4.69, 9.17) is 5.73 Å². The first-order valence-corrected chi connectivity index (χ1v) is 12.8. The SMILES string of the molecule is CN1CCN(c2ccc(-c3n[nH]c4c3C(=O)c3c-4cccc3N(C(N)=O)N3CCN(C)CC3)cc2)CC1. The number of piperazine rings is 2. The molecule has 0 bridgehead atoms. The number of hydrogen-bond acceptors (Lipinski definition) is 7. The van der Waals surface area contributed by atoms with E-state index in [1.165, 1.54) is 10.7 Å². The Labute approximate surface area is 216 Å². The molecule has 1 aliphatic carbocycles. The number of aromatic nitrogens is 2. The van der Waals surface area contributed by atoms with Gasteiger partial charge in [0.15, 0.2) is 5.78 Å². The molecule has 2 saturated heterocycles. The average molecular weight is 501 g/mol. The van der Waals surface area contributed by atoms with Crippen LogP contribution >= 0.6 is 0 Å². The Morgan fingerprint density at radius 3 is 2.19 bits per heavy atom. The minimum absolute atomic E-state index is 0.145. The molecule has 3 heterocycles. The van der Waals surface area contributed by atoms with Gasteiger partial charge in [-0.1, -0.05) is 24.3 Å². The van der Waals surface area contributed by atoms with Crippen molar-refractivity contribution in [1.29, 1.82) is 0 Å². The summed E-state index contributed by atoms with van der Waals surface area (Å²) in [5.74, 6) is -0.145. The van der Waals surface area contributed by atoms with Crippen molar-refractivity contribution in [3.63, 3.8) is 0 Å². The molecule has 0 radical (unpaired) electrons. The maximum Gasteiger partial charge on any atom is 0.334 e. The minimum Gasteiger partial charge on any atom is -0.369 e. The highest BCUT2D eigenvalue weighted by atomic mass is 16.2. The van der Waals surface area contributed by atoms with Gasteiger partial charge in [-0.05, 0) is 32.3 Å². The second kappa shape index (κ2) is 9.29. The second-order valence-electron chi connectivity index (χ2n) is 10.1. The van der Waals surface area contributed by atoms with Gasteiger partial charge in [0, 0.05) is 69.2 Å². The third-order valence-corrected chi connectivity index (χ3v) is 7.74. The molecule has 2 fully saturated rings. The Hall–Kier alpha value is -3.73. The summed E-state index contributed by atoms with van der Waals surface area (Å²) in [6, 6.07) is 13.2. The van der Waals surface area contributed by atoms with Crippen molar-refractivity contribution in [1.82, 2.24) is 25.0 Å². The molecule has 0 spiro atoms. The van der Waals surface area contributed by atoms with Crippen molar-refractivity contribution in [2.24, 2.45) is 5.73 Å². The smallest absolute Gasteiger partial charge is 0.334 e. The van der Waals surface area contributed by atoms with E-state index in [1.807, 2.05) is 36.3 Å². The maximum atomic E-state index is 13.9. The van der Waals surface area contributed by atoms with Crippen LogP contribution in [0.3, 0.4) is 0 Å². The summed E-state index contributed by atoms with van der Waals surface area (Å²) in [5.41, 5.74) is 11.5. The second-order valence-corrected chi connectivity index (χ2v) is 10.1. The van der Waals surface area contributed by atoms with Gasteiger partial charge in [-0.2, -0.15) is 5.10 Å². The number of likely N-dealkylation sites (N-methyl/N-ethyl adjacent to an activating group) is 2. The van der Waals surface area contributed by atoms with Crippen molar-refractivity contribution in [3.05, 3.63) is 53.6 Å². The fraction of sp³-hybridized carbons (Fsp3) is 0.370. The van der Waals surface area contributed by atoms with Crippen LogP contribution in [0.15, 0.2) is 42.5 Å². The number of nitrogens with zero attached hydrogens (tertiary/aromatic N) is 6. The number of nitrogens with one attached hydrogen (secondary N) is 1. The van der Waals surface area contributed by atoms with E-state index in [2.05, 4.69) is 44.1 Å². The Morgan fingerprint density at radius 2 is 1.54 bits per heavy atom. The van der Waals surface area contributed by atoms with Crippen LogP contribution in [0.2, 0.25) is 0 Å². The Kier molecular flexibility index (Phi) is 5.94. The lowest BCUT2D eigenvalue weighted by Crippen LogP contribution is -2.56. The molecule has 0 saturated carbocycles. The van der Waals surface area contributed by atoms with Crippen LogP contribution in [0.4, 0.5) is 16.2 Å². The molecule has 37 heavy (non-hydrogen) atoms. The van der Waals surface area contributed by atoms with Crippen LogP contribution in [0.25, 0.3) is 22.5 Å². The number of fused-ring (bicyclic) bond motifs is 3. The van der Waals surface area contributed by atoms with Gasteiger partial charge in [-0.25, -0.2) is 14.8 Å². The van der Waals surface area contributed by atoms with Crippen LogP contribution in [-0.2, 0) is 0 Å². The number of anilines is 2. The van der Waals surface area contributed by atoms with Crippen LogP contribution in [-0.4, -0.2) is 103 Å². The number of rotatable bonds is 4. The fourth-order valence-corrected chi connectivity index (χ4v) is 5.56. The first-order chi connectivity index (χ1) is 17.9. The molecule has 1 aromatic heterocycles. The molecular formula is C27H32N8O2. The zero-order chi connectivity index (χ0) is 25.7. The lowest BCUT2D eigenvalue weighted by molar-refractivity contribution is 0.104. The first kappa shape index (κ1) is 23.7.